The minimum atomic E-state index is -0.262. The molecule has 0 atom stereocenters. The number of hydrogen-bond acceptors (Lipinski definition) is 3. The summed E-state index contributed by atoms with van der Waals surface area (Å²) in [4.78, 5) is 34.0. The first-order valence-corrected chi connectivity index (χ1v) is 9.54. The lowest BCUT2D eigenvalue weighted by Gasteiger charge is -2.37. The summed E-state index contributed by atoms with van der Waals surface area (Å²) in [7, 11) is 1.87. The molecule has 7 heteroatoms. The van der Waals surface area contributed by atoms with Crippen LogP contribution in [0.25, 0.3) is 5.65 Å². The van der Waals surface area contributed by atoms with Crippen molar-refractivity contribution in [2.24, 2.45) is 5.41 Å². The number of carbonyl (C=O) groups is 2. The molecule has 0 aromatic carbocycles. The van der Waals surface area contributed by atoms with E-state index < -0.39 is 0 Å². The van der Waals surface area contributed by atoms with Crippen molar-refractivity contribution in [1.82, 2.24) is 19.2 Å². The molecule has 0 aliphatic carbocycles. The first kappa shape index (κ1) is 17.3. The van der Waals surface area contributed by atoms with E-state index in [1.165, 1.54) is 0 Å². The van der Waals surface area contributed by atoms with Gasteiger partial charge in [0, 0.05) is 32.9 Å². The molecule has 6 nitrogen and oxygen atoms in total. The number of halogens is 1. The fraction of sp³-hybridized carbons (Fsp3) is 0.526. The molecule has 2 fully saturated rings. The highest BCUT2D eigenvalue weighted by atomic mass is 35.5. The highest BCUT2D eigenvalue weighted by Gasteiger charge is 2.47. The minimum Gasteiger partial charge on any atom is -0.345 e. The number of piperidine rings is 1. The molecule has 138 valence electrons. The highest BCUT2D eigenvalue weighted by molar-refractivity contribution is 6.30. The van der Waals surface area contributed by atoms with Crippen molar-refractivity contribution in [3.8, 4) is 0 Å². The van der Waals surface area contributed by atoms with E-state index >= 15 is 0 Å². The number of rotatable bonds is 2. The van der Waals surface area contributed by atoms with Gasteiger partial charge in [0.1, 0.15) is 11.3 Å². The second-order valence-electron chi connectivity index (χ2n) is 7.39. The van der Waals surface area contributed by atoms with Gasteiger partial charge in [-0.05, 0) is 37.8 Å². The van der Waals surface area contributed by atoms with E-state index in [4.69, 9.17) is 11.6 Å². The summed E-state index contributed by atoms with van der Waals surface area (Å²) in [5.74, 6) is 0.214. The predicted octanol–water partition coefficient (Wildman–Crippen LogP) is 2.63. The van der Waals surface area contributed by atoms with E-state index in [-0.39, 0.29) is 17.2 Å². The van der Waals surface area contributed by atoms with Crippen molar-refractivity contribution in [2.45, 2.75) is 32.6 Å². The summed E-state index contributed by atoms with van der Waals surface area (Å²) in [6.07, 6.45) is 4.80. The van der Waals surface area contributed by atoms with E-state index in [0.29, 0.717) is 30.2 Å². The lowest BCUT2D eigenvalue weighted by Crippen LogP contribution is -2.46. The number of pyridine rings is 1. The number of aryl methyl sites for hydroxylation is 1. The quantitative estimate of drug-likeness (QED) is 0.812. The molecule has 2 amide bonds. The molecular weight excluding hydrogens is 352 g/mol. The maximum absolute atomic E-state index is 13.2. The summed E-state index contributed by atoms with van der Waals surface area (Å²) in [5, 5.41) is 0.573. The fourth-order valence-corrected chi connectivity index (χ4v) is 4.45. The Hall–Kier alpha value is -2.08. The van der Waals surface area contributed by atoms with Crippen LogP contribution in [0.15, 0.2) is 18.3 Å². The molecule has 2 aliphatic heterocycles. The fourth-order valence-electron chi connectivity index (χ4n) is 4.29. The van der Waals surface area contributed by atoms with Gasteiger partial charge in [0.15, 0.2) is 0 Å². The minimum absolute atomic E-state index is 0.0229. The van der Waals surface area contributed by atoms with Gasteiger partial charge in [-0.3, -0.25) is 14.0 Å². The zero-order valence-electron chi connectivity index (χ0n) is 15.2. The monoisotopic (exact) mass is 374 g/mol. The van der Waals surface area contributed by atoms with Crippen LogP contribution in [-0.2, 0) is 11.2 Å². The summed E-state index contributed by atoms with van der Waals surface area (Å²) >= 11 is 6.13. The van der Waals surface area contributed by atoms with Crippen LogP contribution < -0.4 is 0 Å². The van der Waals surface area contributed by atoms with Crippen LogP contribution in [0.1, 0.15) is 42.4 Å². The zero-order chi connectivity index (χ0) is 18.5. The van der Waals surface area contributed by atoms with Crippen LogP contribution in [0.3, 0.4) is 0 Å². The molecule has 2 aromatic rings. The maximum Gasteiger partial charge on any atom is 0.272 e. The number of likely N-dealkylation sites (tertiary alicyclic amines) is 2. The first-order valence-electron chi connectivity index (χ1n) is 9.16. The largest absolute Gasteiger partial charge is 0.345 e. The third kappa shape index (κ3) is 2.58. The third-order valence-electron chi connectivity index (χ3n) is 5.93. The van der Waals surface area contributed by atoms with Crippen LogP contribution in [0.4, 0.5) is 0 Å². The van der Waals surface area contributed by atoms with Gasteiger partial charge in [0.2, 0.25) is 5.91 Å². The predicted molar refractivity (Wildman–Crippen MR) is 99.4 cm³/mol. The van der Waals surface area contributed by atoms with Gasteiger partial charge < -0.3 is 9.80 Å². The van der Waals surface area contributed by atoms with Gasteiger partial charge in [0.25, 0.3) is 5.91 Å². The van der Waals surface area contributed by atoms with Crippen LogP contribution in [0, 0.1) is 5.41 Å². The Morgan fingerprint density at radius 3 is 2.54 bits per heavy atom. The molecule has 26 heavy (non-hydrogen) atoms. The molecule has 4 rings (SSSR count). The third-order valence-corrected chi connectivity index (χ3v) is 6.15. The molecular formula is C19H23ClN4O2. The molecule has 0 bridgehead atoms. The van der Waals surface area contributed by atoms with Gasteiger partial charge in [-0.25, -0.2) is 4.98 Å². The number of imidazole rings is 1. The summed E-state index contributed by atoms with van der Waals surface area (Å²) < 4.78 is 1.79. The van der Waals surface area contributed by atoms with Crippen molar-refractivity contribution >= 4 is 29.1 Å². The SMILES string of the molecule is CCc1nc2ccc(Cl)cn2c1C(=O)N1CCC2(CCN(C)C2=O)CC1. The van der Waals surface area contributed by atoms with Crippen LogP contribution >= 0.6 is 11.6 Å². The number of amides is 2. The lowest BCUT2D eigenvalue weighted by atomic mass is 9.77. The van der Waals surface area contributed by atoms with E-state index in [0.717, 1.165) is 37.1 Å². The number of aromatic nitrogens is 2. The molecule has 0 unspecified atom stereocenters. The van der Waals surface area contributed by atoms with Crippen LogP contribution in [-0.4, -0.2) is 57.7 Å². The molecule has 4 heterocycles. The van der Waals surface area contributed by atoms with E-state index in [1.54, 1.807) is 16.7 Å². The van der Waals surface area contributed by atoms with Gasteiger partial charge in [0.05, 0.1) is 16.1 Å². The van der Waals surface area contributed by atoms with Gasteiger partial charge >= 0.3 is 0 Å². The van der Waals surface area contributed by atoms with Gasteiger partial charge in [-0.2, -0.15) is 0 Å². The maximum atomic E-state index is 13.2. The number of fused-ring (bicyclic) bond motifs is 1. The van der Waals surface area contributed by atoms with Crippen molar-refractivity contribution in [1.29, 1.82) is 0 Å². The molecule has 0 N–H and O–H groups in total. The number of hydrogen-bond donors (Lipinski definition) is 0. The average Bonchev–Trinajstić information content (AvgIpc) is 3.14. The molecule has 0 radical (unpaired) electrons. The Labute approximate surface area is 157 Å². The second kappa shape index (κ2) is 6.27. The zero-order valence-corrected chi connectivity index (χ0v) is 15.9. The molecule has 2 saturated heterocycles. The van der Waals surface area contributed by atoms with Crippen molar-refractivity contribution in [3.05, 3.63) is 34.7 Å². The van der Waals surface area contributed by atoms with Crippen LogP contribution in [0.5, 0.6) is 0 Å². The number of nitrogens with zero attached hydrogens (tertiary/aromatic N) is 4. The number of carbonyl (C=O) groups excluding carboxylic acids is 2. The van der Waals surface area contributed by atoms with Gasteiger partial charge in [-0.1, -0.05) is 18.5 Å². The van der Waals surface area contributed by atoms with Crippen LogP contribution in [0.2, 0.25) is 5.02 Å². The van der Waals surface area contributed by atoms with Crippen molar-refractivity contribution in [2.75, 3.05) is 26.7 Å². The standard InChI is InChI=1S/C19H23ClN4O2/c1-3-14-16(24-12-13(20)4-5-15(24)21-14)17(25)23-10-7-19(8-11-23)6-9-22(2)18(19)26/h4-5,12H,3,6-11H2,1-2H3. The Bertz CT molecular complexity index is 883. The highest BCUT2D eigenvalue weighted by Crippen LogP contribution is 2.41. The van der Waals surface area contributed by atoms with Gasteiger partial charge in [-0.15, -0.1) is 0 Å². The van der Waals surface area contributed by atoms with E-state index in [2.05, 4.69) is 4.98 Å². The second-order valence-corrected chi connectivity index (χ2v) is 7.82. The van der Waals surface area contributed by atoms with E-state index in [1.807, 2.05) is 29.8 Å². The Morgan fingerprint density at radius 1 is 1.23 bits per heavy atom. The Morgan fingerprint density at radius 2 is 1.92 bits per heavy atom. The summed E-state index contributed by atoms with van der Waals surface area (Å²) in [6.45, 7) is 4.03. The molecule has 2 aliphatic rings. The van der Waals surface area contributed by atoms with E-state index in [9.17, 15) is 9.59 Å². The Kier molecular flexibility index (Phi) is 4.18. The molecule has 2 aromatic heterocycles. The topological polar surface area (TPSA) is 57.9 Å². The molecule has 0 saturated carbocycles. The normalized spacial score (nSPS) is 19.7. The smallest absolute Gasteiger partial charge is 0.272 e. The summed E-state index contributed by atoms with van der Waals surface area (Å²) in [6, 6.07) is 3.61. The lowest BCUT2D eigenvalue weighted by molar-refractivity contribution is -0.137. The van der Waals surface area contributed by atoms with Crippen molar-refractivity contribution in [3.63, 3.8) is 0 Å². The first-order chi connectivity index (χ1) is 12.4. The van der Waals surface area contributed by atoms with Crippen molar-refractivity contribution < 1.29 is 9.59 Å². The molecule has 1 spiro atoms. The Balaban J connectivity index is 1.61. The average molecular weight is 375 g/mol. The summed E-state index contributed by atoms with van der Waals surface area (Å²) in [5.41, 5.74) is 1.85.